The van der Waals surface area contributed by atoms with Crippen molar-refractivity contribution in [2.45, 2.75) is 31.6 Å². The normalized spacial score (nSPS) is 20.6. The molecule has 17 heavy (non-hydrogen) atoms. The minimum atomic E-state index is 0.192. The van der Waals surface area contributed by atoms with Gasteiger partial charge < -0.3 is 4.90 Å². The third kappa shape index (κ3) is 3.25. The number of carbonyl (C=O) groups excluding carboxylic acids is 1. The summed E-state index contributed by atoms with van der Waals surface area (Å²) in [5.41, 5.74) is 1.22. The Morgan fingerprint density at radius 3 is 2.82 bits per heavy atom. The van der Waals surface area contributed by atoms with Crippen LogP contribution >= 0.6 is 11.8 Å². The fourth-order valence-electron chi connectivity index (χ4n) is 2.22. The summed E-state index contributed by atoms with van der Waals surface area (Å²) in [4.78, 5) is 14.2. The van der Waals surface area contributed by atoms with Gasteiger partial charge in [0.1, 0.15) is 0 Å². The van der Waals surface area contributed by atoms with E-state index in [4.69, 9.17) is 0 Å². The molecule has 0 aromatic heterocycles. The number of hydrogen-bond donors (Lipinski definition) is 0. The fourth-order valence-corrected chi connectivity index (χ4v) is 3.25. The molecular weight excluding hydrogens is 230 g/mol. The largest absolute Gasteiger partial charge is 0.337 e. The van der Waals surface area contributed by atoms with E-state index in [9.17, 15) is 4.79 Å². The number of amides is 1. The molecular formula is C14H19NOS. The van der Waals surface area contributed by atoms with Crippen LogP contribution in [0.4, 0.5) is 0 Å². The minimum Gasteiger partial charge on any atom is -0.337 e. The maximum Gasteiger partial charge on any atom is 0.235 e. The zero-order valence-corrected chi connectivity index (χ0v) is 11.1. The predicted octanol–water partition coefficient (Wildman–Crippen LogP) is 2.93. The first-order chi connectivity index (χ1) is 8.31. The fraction of sp³-hybridized carbons (Fsp3) is 0.500. The Hall–Kier alpha value is -0.960. The zero-order valence-electron chi connectivity index (χ0n) is 10.3. The van der Waals surface area contributed by atoms with Gasteiger partial charge in [0.15, 0.2) is 0 Å². The number of hydrogen-bond acceptors (Lipinski definition) is 2. The number of rotatable bonds is 4. The molecule has 1 aliphatic heterocycles. The number of piperidine rings is 1. The van der Waals surface area contributed by atoms with Gasteiger partial charge in [-0.05, 0) is 24.2 Å². The molecule has 2 nitrogen and oxygen atoms in total. The van der Waals surface area contributed by atoms with E-state index in [-0.39, 0.29) is 5.25 Å². The van der Waals surface area contributed by atoms with Crippen LogP contribution in [0.15, 0.2) is 30.3 Å². The molecule has 0 spiro atoms. The highest BCUT2D eigenvalue weighted by Crippen LogP contribution is 2.24. The van der Waals surface area contributed by atoms with Crippen molar-refractivity contribution in [1.29, 1.82) is 0 Å². The predicted molar refractivity (Wildman–Crippen MR) is 73.0 cm³/mol. The lowest BCUT2D eigenvalue weighted by molar-refractivity contribution is -0.133. The summed E-state index contributed by atoms with van der Waals surface area (Å²) < 4.78 is 0. The van der Waals surface area contributed by atoms with E-state index in [0.717, 1.165) is 31.7 Å². The lowest BCUT2D eigenvalue weighted by Crippen LogP contribution is -2.42. The number of thioether (sulfide) groups is 1. The highest BCUT2D eigenvalue weighted by Gasteiger charge is 2.28. The second-order valence-electron chi connectivity index (χ2n) is 4.33. The smallest absolute Gasteiger partial charge is 0.235 e. The van der Waals surface area contributed by atoms with E-state index in [2.05, 4.69) is 19.1 Å². The van der Waals surface area contributed by atoms with Crippen LogP contribution in [0.25, 0.3) is 0 Å². The SMILES string of the molecule is CCS[C@H]1CCCN(Cc2ccccc2)C1=O. The highest BCUT2D eigenvalue weighted by atomic mass is 32.2. The summed E-state index contributed by atoms with van der Waals surface area (Å²) in [7, 11) is 0. The van der Waals surface area contributed by atoms with Gasteiger partial charge in [0, 0.05) is 13.1 Å². The van der Waals surface area contributed by atoms with Crippen molar-refractivity contribution >= 4 is 17.7 Å². The molecule has 0 bridgehead atoms. The molecule has 1 aromatic carbocycles. The quantitative estimate of drug-likeness (QED) is 0.817. The van der Waals surface area contributed by atoms with E-state index < -0.39 is 0 Å². The monoisotopic (exact) mass is 249 g/mol. The summed E-state index contributed by atoms with van der Waals surface area (Å²) in [6.07, 6.45) is 2.18. The Morgan fingerprint density at radius 1 is 1.35 bits per heavy atom. The lowest BCUT2D eigenvalue weighted by Gasteiger charge is -2.32. The van der Waals surface area contributed by atoms with Gasteiger partial charge in [-0.25, -0.2) is 0 Å². The van der Waals surface area contributed by atoms with Crippen molar-refractivity contribution in [2.75, 3.05) is 12.3 Å². The van der Waals surface area contributed by atoms with Crippen LogP contribution in [-0.2, 0) is 11.3 Å². The molecule has 1 saturated heterocycles. The maximum absolute atomic E-state index is 12.2. The molecule has 1 fully saturated rings. The zero-order chi connectivity index (χ0) is 12.1. The molecule has 2 rings (SSSR count). The van der Waals surface area contributed by atoms with Crippen molar-refractivity contribution in [3.05, 3.63) is 35.9 Å². The molecule has 0 radical (unpaired) electrons. The van der Waals surface area contributed by atoms with Crippen LogP contribution in [0, 0.1) is 0 Å². The van der Waals surface area contributed by atoms with Crippen LogP contribution in [-0.4, -0.2) is 28.4 Å². The van der Waals surface area contributed by atoms with Gasteiger partial charge in [-0.3, -0.25) is 4.79 Å². The van der Waals surface area contributed by atoms with Crippen LogP contribution in [0.2, 0.25) is 0 Å². The van der Waals surface area contributed by atoms with Crippen molar-refractivity contribution in [1.82, 2.24) is 4.90 Å². The Kier molecular flexibility index (Phi) is 4.49. The summed E-state index contributed by atoms with van der Waals surface area (Å²) in [5, 5.41) is 0.192. The molecule has 1 atom stereocenters. The van der Waals surface area contributed by atoms with E-state index in [0.29, 0.717) is 5.91 Å². The van der Waals surface area contributed by atoms with Gasteiger partial charge in [0.2, 0.25) is 5.91 Å². The summed E-state index contributed by atoms with van der Waals surface area (Å²) in [5.74, 6) is 1.35. The maximum atomic E-state index is 12.2. The molecule has 0 N–H and O–H groups in total. The first-order valence-corrected chi connectivity index (χ1v) is 7.30. The number of carbonyl (C=O) groups is 1. The Bertz CT molecular complexity index is 364. The molecule has 1 aliphatic rings. The van der Waals surface area contributed by atoms with Gasteiger partial charge >= 0.3 is 0 Å². The van der Waals surface area contributed by atoms with E-state index in [1.807, 2.05) is 23.1 Å². The first-order valence-electron chi connectivity index (χ1n) is 6.25. The third-order valence-electron chi connectivity index (χ3n) is 3.07. The molecule has 0 unspecified atom stereocenters. The van der Waals surface area contributed by atoms with Crippen LogP contribution in [0.5, 0.6) is 0 Å². The minimum absolute atomic E-state index is 0.192. The molecule has 1 heterocycles. The molecule has 0 saturated carbocycles. The second kappa shape index (κ2) is 6.10. The molecule has 3 heteroatoms. The van der Waals surface area contributed by atoms with E-state index in [1.165, 1.54) is 5.56 Å². The Morgan fingerprint density at radius 2 is 2.12 bits per heavy atom. The average Bonchev–Trinajstić information content (AvgIpc) is 2.36. The molecule has 1 aromatic rings. The van der Waals surface area contributed by atoms with Crippen LogP contribution in [0.3, 0.4) is 0 Å². The number of likely N-dealkylation sites (tertiary alicyclic amines) is 1. The van der Waals surface area contributed by atoms with Crippen molar-refractivity contribution in [2.24, 2.45) is 0 Å². The van der Waals surface area contributed by atoms with Crippen LogP contribution in [0.1, 0.15) is 25.3 Å². The van der Waals surface area contributed by atoms with E-state index >= 15 is 0 Å². The summed E-state index contributed by atoms with van der Waals surface area (Å²) in [6.45, 7) is 3.79. The third-order valence-corrected chi connectivity index (χ3v) is 4.24. The van der Waals surface area contributed by atoms with Crippen molar-refractivity contribution in [3.8, 4) is 0 Å². The van der Waals surface area contributed by atoms with Crippen LogP contribution < -0.4 is 0 Å². The Labute approximate surface area is 107 Å². The van der Waals surface area contributed by atoms with Gasteiger partial charge in [-0.1, -0.05) is 37.3 Å². The van der Waals surface area contributed by atoms with Gasteiger partial charge in [-0.15, -0.1) is 11.8 Å². The Balaban J connectivity index is 1.98. The first kappa shape index (κ1) is 12.5. The van der Waals surface area contributed by atoms with Crippen molar-refractivity contribution in [3.63, 3.8) is 0 Å². The van der Waals surface area contributed by atoms with Gasteiger partial charge in [0.05, 0.1) is 5.25 Å². The van der Waals surface area contributed by atoms with E-state index in [1.54, 1.807) is 11.8 Å². The summed E-state index contributed by atoms with van der Waals surface area (Å²) in [6, 6.07) is 10.2. The summed E-state index contributed by atoms with van der Waals surface area (Å²) >= 11 is 1.78. The molecule has 0 aliphatic carbocycles. The topological polar surface area (TPSA) is 20.3 Å². The second-order valence-corrected chi connectivity index (χ2v) is 5.81. The average molecular weight is 249 g/mol. The number of benzene rings is 1. The highest BCUT2D eigenvalue weighted by molar-refractivity contribution is 8.00. The number of nitrogens with zero attached hydrogens (tertiary/aromatic N) is 1. The standard InChI is InChI=1S/C14H19NOS/c1-2-17-13-9-6-10-15(14(13)16)11-12-7-4-3-5-8-12/h3-5,7-8,13H,2,6,9-11H2,1H3/t13-/m0/s1. The molecule has 92 valence electrons. The molecule has 1 amide bonds. The lowest BCUT2D eigenvalue weighted by atomic mass is 10.1. The van der Waals surface area contributed by atoms with Gasteiger partial charge in [-0.2, -0.15) is 0 Å². The van der Waals surface area contributed by atoms with Gasteiger partial charge in [0.25, 0.3) is 0 Å². The van der Waals surface area contributed by atoms with Crippen molar-refractivity contribution < 1.29 is 4.79 Å².